The highest BCUT2D eigenvalue weighted by atomic mass is 79.9. The number of carbonyl (C=O) groups is 1. The molecule has 1 aromatic rings. The molecule has 114 valence electrons. The molecule has 1 fully saturated rings. The monoisotopic (exact) mass is 355 g/mol. The molecule has 1 saturated heterocycles. The van der Waals surface area contributed by atoms with Crippen LogP contribution in [0, 0.1) is 5.92 Å². The Balaban J connectivity index is 1.69. The fourth-order valence-corrected chi connectivity index (χ4v) is 3.25. The summed E-state index contributed by atoms with van der Waals surface area (Å²) in [5.41, 5.74) is 1.14. The number of nitrogens with zero attached hydrogens (tertiary/aromatic N) is 1. The molecule has 0 aromatic heterocycles. The van der Waals surface area contributed by atoms with E-state index >= 15 is 0 Å². The topological polar surface area (TPSA) is 48.0 Å². The Bertz CT molecular complexity index is 549. The summed E-state index contributed by atoms with van der Waals surface area (Å²) in [5, 5.41) is 0. The number of hydrogen-bond acceptors (Lipinski definition) is 5. The van der Waals surface area contributed by atoms with Crippen molar-refractivity contribution in [3.05, 3.63) is 22.2 Å². The molecular weight excluding hydrogens is 338 g/mol. The second kappa shape index (κ2) is 6.23. The lowest BCUT2D eigenvalue weighted by Crippen LogP contribution is -2.24. The van der Waals surface area contributed by atoms with Gasteiger partial charge in [-0.15, -0.1) is 0 Å². The number of ether oxygens (including phenoxy) is 3. The first-order valence-corrected chi connectivity index (χ1v) is 7.85. The molecule has 1 unspecified atom stereocenters. The Hall–Kier alpha value is -1.27. The van der Waals surface area contributed by atoms with E-state index in [1.807, 2.05) is 12.1 Å². The van der Waals surface area contributed by atoms with Crippen LogP contribution >= 0.6 is 15.9 Å². The van der Waals surface area contributed by atoms with Gasteiger partial charge in [0, 0.05) is 17.6 Å². The number of carbonyl (C=O) groups excluding carboxylic acids is 1. The number of rotatable bonds is 3. The minimum absolute atomic E-state index is 0.00835. The lowest BCUT2D eigenvalue weighted by molar-refractivity contribution is -0.144. The summed E-state index contributed by atoms with van der Waals surface area (Å²) in [7, 11) is 1.45. The maximum Gasteiger partial charge on any atom is 0.310 e. The lowest BCUT2D eigenvalue weighted by atomic mass is 10.1. The van der Waals surface area contributed by atoms with Crippen molar-refractivity contribution in [2.75, 3.05) is 33.4 Å². The highest BCUT2D eigenvalue weighted by Crippen LogP contribution is 2.36. The van der Waals surface area contributed by atoms with Crippen LogP contribution in [0.25, 0.3) is 0 Å². The van der Waals surface area contributed by atoms with Gasteiger partial charge in [0.25, 0.3) is 0 Å². The van der Waals surface area contributed by atoms with E-state index in [1.54, 1.807) is 0 Å². The van der Waals surface area contributed by atoms with Gasteiger partial charge in [-0.2, -0.15) is 0 Å². The van der Waals surface area contributed by atoms with E-state index in [9.17, 15) is 4.79 Å². The minimum Gasteiger partial charge on any atom is -0.486 e. The molecule has 0 radical (unpaired) electrons. The summed E-state index contributed by atoms with van der Waals surface area (Å²) < 4.78 is 17.0. The van der Waals surface area contributed by atoms with Crippen molar-refractivity contribution in [1.82, 2.24) is 4.90 Å². The Morgan fingerprint density at radius 2 is 2.10 bits per heavy atom. The summed E-state index contributed by atoms with van der Waals surface area (Å²) >= 11 is 3.59. The molecule has 1 aromatic carbocycles. The first-order valence-electron chi connectivity index (χ1n) is 7.05. The second-order valence-electron chi connectivity index (χ2n) is 5.33. The van der Waals surface area contributed by atoms with Crippen LogP contribution in [0.3, 0.4) is 0 Å². The van der Waals surface area contributed by atoms with Crippen LogP contribution in [0.1, 0.15) is 12.0 Å². The molecule has 21 heavy (non-hydrogen) atoms. The highest BCUT2D eigenvalue weighted by molar-refractivity contribution is 9.10. The first-order chi connectivity index (χ1) is 10.2. The van der Waals surface area contributed by atoms with Gasteiger partial charge in [0.05, 0.1) is 13.0 Å². The Kier molecular flexibility index (Phi) is 4.35. The molecule has 2 aliphatic heterocycles. The van der Waals surface area contributed by atoms with Gasteiger partial charge in [0.1, 0.15) is 13.2 Å². The lowest BCUT2D eigenvalue weighted by Gasteiger charge is -2.22. The van der Waals surface area contributed by atoms with Crippen LogP contribution in [0.15, 0.2) is 16.6 Å². The predicted molar refractivity (Wildman–Crippen MR) is 80.5 cm³/mol. The van der Waals surface area contributed by atoms with E-state index in [1.165, 1.54) is 7.11 Å². The number of hydrogen-bond donors (Lipinski definition) is 0. The average molecular weight is 356 g/mol. The van der Waals surface area contributed by atoms with Gasteiger partial charge in [-0.3, -0.25) is 9.69 Å². The summed E-state index contributed by atoms with van der Waals surface area (Å²) in [4.78, 5) is 13.8. The van der Waals surface area contributed by atoms with Crippen molar-refractivity contribution in [3.63, 3.8) is 0 Å². The van der Waals surface area contributed by atoms with Crippen molar-refractivity contribution in [2.45, 2.75) is 13.0 Å². The van der Waals surface area contributed by atoms with Gasteiger partial charge < -0.3 is 14.2 Å². The van der Waals surface area contributed by atoms with E-state index in [2.05, 4.69) is 20.8 Å². The molecule has 5 nitrogen and oxygen atoms in total. The van der Waals surface area contributed by atoms with Gasteiger partial charge in [-0.05, 0) is 30.7 Å². The first kappa shape index (κ1) is 14.7. The Morgan fingerprint density at radius 3 is 2.81 bits per heavy atom. The van der Waals surface area contributed by atoms with E-state index in [0.29, 0.717) is 13.2 Å². The predicted octanol–water partition coefficient (Wildman–Crippen LogP) is 2.22. The van der Waals surface area contributed by atoms with Crippen molar-refractivity contribution in [1.29, 1.82) is 0 Å². The normalized spacial score (nSPS) is 21.3. The van der Waals surface area contributed by atoms with Crippen molar-refractivity contribution in [3.8, 4) is 11.5 Å². The molecule has 0 saturated carbocycles. The maximum absolute atomic E-state index is 11.6. The zero-order valence-electron chi connectivity index (χ0n) is 11.9. The van der Waals surface area contributed by atoms with Crippen LogP contribution in [-0.2, 0) is 16.1 Å². The molecule has 1 atom stereocenters. The highest BCUT2D eigenvalue weighted by Gasteiger charge is 2.29. The largest absolute Gasteiger partial charge is 0.486 e. The van der Waals surface area contributed by atoms with E-state index in [0.717, 1.165) is 47.6 Å². The quantitative estimate of drug-likeness (QED) is 0.778. The maximum atomic E-state index is 11.6. The molecule has 2 heterocycles. The summed E-state index contributed by atoms with van der Waals surface area (Å²) in [6, 6.07) is 3.97. The van der Waals surface area contributed by atoms with Crippen molar-refractivity contribution >= 4 is 21.9 Å². The number of benzene rings is 1. The molecule has 0 bridgehead atoms. The van der Waals surface area contributed by atoms with Crippen LogP contribution < -0.4 is 9.47 Å². The fraction of sp³-hybridized carbons (Fsp3) is 0.533. The number of fused-ring (bicyclic) bond motifs is 1. The van der Waals surface area contributed by atoms with Gasteiger partial charge in [0.15, 0.2) is 11.5 Å². The Labute approximate surface area is 132 Å². The molecule has 3 rings (SSSR count). The van der Waals surface area contributed by atoms with Crippen molar-refractivity contribution < 1.29 is 19.0 Å². The van der Waals surface area contributed by atoms with Gasteiger partial charge in [-0.25, -0.2) is 0 Å². The van der Waals surface area contributed by atoms with Crippen LogP contribution in [-0.4, -0.2) is 44.3 Å². The fourth-order valence-electron chi connectivity index (χ4n) is 2.80. The van der Waals surface area contributed by atoms with Crippen LogP contribution in [0.5, 0.6) is 11.5 Å². The number of likely N-dealkylation sites (tertiary alicyclic amines) is 1. The number of esters is 1. The summed E-state index contributed by atoms with van der Waals surface area (Å²) in [5.74, 6) is 1.46. The number of methoxy groups -OCH3 is 1. The van der Waals surface area contributed by atoms with E-state index in [4.69, 9.17) is 14.2 Å². The van der Waals surface area contributed by atoms with E-state index in [-0.39, 0.29) is 11.9 Å². The molecular formula is C15H18BrNO4. The minimum atomic E-state index is -0.112. The van der Waals surface area contributed by atoms with Crippen LogP contribution in [0.2, 0.25) is 0 Å². The molecule has 0 aliphatic carbocycles. The number of halogens is 1. The standard InChI is InChI=1S/C15H18BrNO4/c1-19-15(18)10-2-3-17(8-10)9-11-6-13-14(7-12(11)16)21-5-4-20-13/h6-7,10H,2-5,8-9H2,1H3. The smallest absolute Gasteiger partial charge is 0.310 e. The summed E-state index contributed by atoms with van der Waals surface area (Å²) in [6.45, 7) is 3.60. The third kappa shape index (κ3) is 3.16. The third-order valence-electron chi connectivity index (χ3n) is 3.91. The summed E-state index contributed by atoms with van der Waals surface area (Å²) in [6.07, 6.45) is 0.856. The van der Waals surface area contributed by atoms with Crippen LogP contribution in [0.4, 0.5) is 0 Å². The second-order valence-corrected chi connectivity index (χ2v) is 6.19. The van der Waals surface area contributed by atoms with E-state index < -0.39 is 0 Å². The van der Waals surface area contributed by atoms with Crippen molar-refractivity contribution in [2.24, 2.45) is 5.92 Å². The molecule has 2 aliphatic rings. The average Bonchev–Trinajstić information content (AvgIpc) is 2.96. The molecule has 0 spiro atoms. The van der Waals surface area contributed by atoms with Gasteiger partial charge in [0.2, 0.25) is 0 Å². The Morgan fingerprint density at radius 1 is 1.38 bits per heavy atom. The zero-order valence-corrected chi connectivity index (χ0v) is 13.5. The molecule has 6 heteroatoms. The SMILES string of the molecule is COC(=O)C1CCN(Cc2cc3c(cc2Br)OCCO3)C1. The zero-order chi connectivity index (χ0) is 14.8. The molecule has 0 amide bonds. The van der Waals surface area contributed by atoms with Gasteiger partial charge >= 0.3 is 5.97 Å². The third-order valence-corrected chi connectivity index (χ3v) is 4.65. The van der Waals surface area contributed by atoms with Gasteiger partial charge in [-0.1, -0.05) is 15.9 Å². The molecule has 0 N–H and O–H groups in total.